The normalized spacial score (nSPS) is 11.6. The lowest BCUT2D eigenvalue weighted by molar-refractivity contribution is -0.119. The molecule has 6 heteroatoms. The molecule has 0 aliphatic rings. The fraction of sp³-hybridized carbons (Fsp3) is 0.417. The first kappa shape index (κ1) is 14.6. The van der Waals surface area contributed by atoms with Crippen LogP contribution in [0.15, 0.2) is 24.3 Å². The van der Waals surface area contributed by atoms with E-state index in [1.165, 1.54) is 24.3 Å². The molecule has 1 aromatic carbocycles. The lowest BCUT2D eigenvalue weighted by Gasteiger charge is -2.08. The van der Waals surface area contributed by atoms with Crippen LogP contribution in [0.4, 0.5) is 4.39 Å². The lowest BCUT2D eigenvalue weighted by Crippen LogP contribution is -2.35. The second-order valence-corrected chi connectivity index (χ2v) is 6.45. The summed E-state index contributed by atoms with van der Waals surface area (Å²) in [4.78, 5) is 11.4. The van der Waals surface area contributed by atoms with Crippen molar-refractivity contribution in [2.75, 3.05) is 5.75 Å². The summed E-state index contributed by atoms with van der Waals surface area (Å²) in [5.41, 5.74) is 0.466. The Labute approximate surface area is 106 Å². The summed E-state index contributed by atoms with van der Waals surface area (Å²) in [6.07, 6.45) is 0. The number of sulfone groups is 1. The van der Waals surface area contributed by atoms with Gasteiger partial charge < -0.3 is 5.32 Å². The van der Waals surface area contributed by atoms with E-state index in [-0.39, 0.29) is 11.8 Å². The van der Waals surface area contributed by atoms with Gasteiger partial charge >= 0.3 is 0 Å². The van der Waals surface area contributed by atoms with E-state index in [9.17, 15) is 17.6 Å². The van der Waals surface area contributed by atoms with Gasteiger partial charge in [-0.05, 0) is 31.5 Å². The van der Waals surface area contributed by atoms with Crippen molar-refractivity contribution in [3.8, 4) is 0 Å². The van der Waals surface area contributed by atoms with E-state index in [0.717, 1.165) is 0 Å². The molecule has 1 rings (SSSR count). The van der Waals surface area contributed by atoms with Gasteiger partial charge in [0.05, 0.1) is 5.75 Å². The Bertz CT molecular complexity index is 509. The Kier molecular flexibility index (Phi) is 4.84. The van der Waals surface area contributed by atoms with Gasteiger partial charge in [-0.15, -0.1) is 0 Å². The summed E-state index contributed by atoms with van der Waals surface area (Å²) >= 11 is 0. The molecule has 0 saturated carbocycles. The molecule has 0 aromatic heterocycles. The molecule has 0 aliphatic carbocycles. The molecule has 0 unspecified atom stereocenters. The zero-order valence-electron chi connectivity index (χ0n) is 10.3. The maximum atomic E-state index is 12.7. The zero-order valence-corrected chi connectivity index (χ0v) is 11.1. The van der Waals surface area contributed by atoms with Gasteiger partial charge in [0.25, 0.3) is 0 Å². The Morgan fingerprint density at radius 2 is 1.83 bits per heavy atom. The van der Waals surface area contributed by atoms with Crippen LogP contribution in [0, 0.1) is 5.82 Å². The van der Waals surface area contributed by atoms with Crippen LogP contribution in [0.5, 0.6) is 0 Å². The van der Waals surface area contributed by atoms with E-state index in [2.05, 4.69) is 5.32 Å². The van der Waals surface area contributed by atoms with Crippen molar-refractivity contribution >= 4 is 15.7 Å². The maximum absolute atomic E-state index is 12.7. The molecular weight excluding hydrogens is 257 g/mol. The quantitative estimate of drug-likeness (QED) is 0.878. The van der Waals surface area contributed by atoms with Crippen LogP contribution in [0.25, 0.3) is 0 Å². The van der Waals surface area contributed by atoms with E-state index in [0.29, 0.717) is 5.56 Å². The number of nitrogens with one attached hydrogen (secondary N) is 1. The largest absolute Gasteiger partial charge is 0.353 e. The van der Waals surface area contributed by atoms with E-state index in [1.54, 1.807) is 13.8 Å². The fourth-order valence-electron chi connectivity index (χ4n) is 1.45. The first-order valence-electron chi connectivity index (χ1n) is 5.53. The first-order valence-corrected chi connectivity index (χ1v) is 7.35. The monoisotopic (exact) mass is 273 g/mol. The summed E-state index contributed by atoms with van der Waals surface area (Å²) < 4.78 is 36.1. The second kappa shape index (κ2) is 5.95. The second-order valence-electron chi connectivity index (χ2n) is 4.38. The molecular formula is C12H16FNO3S. The number of amides is 1. The average Bonchev–Trinajstić information content (AvgIpc) is 2.18. The Balaban J connectivity index is 2.65. The highest BCUT2D eigenvalue weighted by molar-refractivity contribution is 7.91. The van der Waals surface area contributed by atoms with Gasteiger partial charge in [0.2, 0.25) is 5.91 Å². The van der Waals surface area contributed by atoms with Gasteiger partial charge in [-0.2, -0.15) is 0 Å². The number of carbonyl (C=O) groups is 1. The van der Waals surface area contributed by atoms with Crippen LogP contribution < -0.4 is 5.32 Å². The van der Waals surface area contributed by atoms with Gasteiger partial charge in [-0.25, -0.2) is 12.8 Å². The van der Waals surface area contributed by atoms with Crippen molar-refractivity contribution in [2.24, 2.45) is 0 Å². The average molecular weight is 273 g/mol. The number of rotatable bonds is 5. The summed E-state index contributed by atoms with van der Waals surface area (Å²) in [5, 5.41) is 2.52. The number of carbonyl (C=O) groups excluding carboxylic acids is 1. The Morgan fingerprint density at radius 3 is 2.33 bits per heavy atom. The van der Waals surface area contributed by atoms with Crippen LogP contribution in [0.2, 0.25) is 0 Å². The first-order chi connectivity index (χ1) is 8.28. The van der Waals surface area contributed by atoms with Gasteiger partial charge in [0, 0.05) is 6.04 Å². The van der Waals surface area contributed by atoms with Crippen LogP contribution in [-0.2, 0) is 20.4 Å². The minimum Gasteiger partial charge on any atom is -0.353 e. The highest BCUT2D eigenvalue weighted by atomic mass is 32.2. The van der Waals surface area contributed by atoms with Gasteiger partial charge in [0.1, 0.15) is 11.6 Å². The van der Waals surface area contributed by atoms with Crippen molar-refractivity contribution in [3.63, 3.8) is 0 Å². The minimum atomic E-state index is -3.53. The highest BCUT2D eigenvalue weighted by Crippen LogP contribution is 2.08. The molecule has 4 nitrogen and oxygen atoms in total. The number of benzene rings is 1. The molecule has 18 heavy (non-hydrogen) atoms. The zero-order chi connectivity index (χ0) is 13.8. The highest BCUT2D eigenvalue weighted by Gasteiger charge is 2.17. The van der Waals surface area contributed by atoms with Crippen LogP contribution in [-0.4, -0.2) is 26.1 Å². The fourth-order valence-corrected chi connectivity index (χ4v) is 2.73. The Morgan fingerprint density at radius 1 is 1.28 bits per heavy atom. The molecule has 100 valence electrons. The van der Waals surface area contributed by atoms with Crippen molar-refractivity contribution in [2.45, 2.75) is 25.6 Å². The maximum Gasteiger partial charge on any atom is 0.235 e. The molecule has 0 aliphatic heterocycles. The molecule has 0 fully saturated rings. The molecule has 0 saturated heterocycles. The topological polar surface area (TPSA) is 63.2 Å². The van der Waals surface area contributed by atoms with Crippen LogP contribution in [0.3, 0.4) is 0 Å². The third-order valence-electron chi connectivity index (χ3n) is 2.10. The summed E-state index contributed by atoms with van der Waals surface area (Å²) in [7, 11) is -3.53. The molecule has 1 amide bonds. The SMILES string of the molecule is CC(C)NC(=O)CS(=O)(=O)Cc1ccc(F)cc1. The van der Waals surface area contributed by atoms with E-state index in [1.807, 2.05) is 0 Å². The predicted octanol–water partition coefficient (Wildman–Crippen LogP) is 1.27. The number of hydrogen-bond acceptors (Lipinski definition) is 3. The Hall–Kier alpha value is -1.43. The molecule has 1 N–H and O–H groups in total. The molecule has 0 bridgehead atoms. The third kappa shape index (κ3) is 5.27. The molecule has 1 aromatic rings. The van der Waals surface area contributed by atoms with Crippen molar-refractivity contribution in [3.05, 3.63) is 35.6 Å². The minimum absolute atomic E-state index is 0.0986. The van der Waals surface area contributed by atoms with Crippen molar-refractivity contribution in [1.29, 1.82) is 0 Å². The number of hydrogen-bond donors (Lipinski definition) is 1. The molecule has 0 heterocycles. The van der Waals surface area contributed by atoms with E-state index >= 15 is 0 Å². The van der Waals surface area contributed by atoms with Crippen molar-refractivity contribution in [1.82, 2.24) is 5.32 Å². The lowest BCUT2D eigenvalue weighted by atomic mass is 10.2. The number of halogens is 1. The van der Waals surface area contributed by atoms with Crippen LogP contribution >= 0.6 is 0 Å². The molecule has 0 atom stereocenters. The van der Waals surface area contributed by atoms with Crippen molar-refractivity contribution < 1.29 is 17.6 Å². The predicted molar refractivity (Wildman–Crippen MR) is 67.2 cm³/mol. The van der Waals surface area contributed by atoms with Gasteiger partial charge in [0.15, 0.2) is 9.84 Å². The van der Waals surface area contributed by atoms with E-state index < -0.39 is 27.3 Å². The molecule has 0 radical (unpaired) electrons. The van der Waals surface area contributed by atoms with E-state index in [4.69, 9.17) is 0 Å². The smallest absolute Gasteiger partial charge is 0.235 e. The summed E-state index contributed by atoms with van der Waals surface area (Å²) in [5.74, 6) is -1.76. The summed E-state index contributed by atoms with van der Waals surface area (Å²) in [6, 6.07) is 5.08. The van der Waals surface area contributed by atoms with Gasteiger partial charge in [-0.3, -0.25) is 4.79 Å². The molecule has 0 spiro atoms. The van der Waals surface area contributed by atoms with Crippen LogP contribution in [0.1, 0.15) is 19.4 Å². The summed E-state index contributed by atoms with van der Waals surface area (Å²) in [6.45, 7) is 3.51. The van der Waals surface area contributed by atoms with Gasteiger partial charge in [-0.1, -0.05) is 12.1 Å². The third-order valence-corrected chi connectivity index (χ3v) is 3.58. The standard InChI is InChI=1S/C12H16FNO3S/c1-9(2)14-12(15)8-18(16,17)7-10-3-5-11(13)6-4-10/h3-6,9H,7-8H2,1-2H3,(H,14,15).